The molecule has 0 atom stereocenters. The minimum Gasteiger partial charge on any atom is -0.355 e. The summed E-state index contributed by atoms with van der Waals surface area (Å²) in [6.45, 7) is 0. The molecule has 1 heterocycles. The normalized spacial score (nSPS) is 10.5. The first kappa shape index (κ1) is 17.4. The van der Waals surface area contributed by atoms with Gasteiger partial charge in [-0.2, -0.15) is 0 Å². The van der Waals surface area contributed by atoms with E-state index in [1.807, 2.05) is 72.8 Å². The maximum absolute atomic E-state index is 12.9. The molecular formula is C21H18N6O. The lowest BCUT2D eigenvalue weighted by Crippen LogP contribution is -2.14. The number of anilines is 3. The van der Waals surface area contributed by atoms with Crippen LogP contribution in [0.1, 0.15) is 10.4 Å². The number of benzene rings is 3. The Bertz CT molecular complexity index is 1110. The Labute approximate surface area is 162 Å². The fourth-order valence-corrected chi connectivity index (χ4v) is 2.88. The lowest BCUT2D eigenvalue weighted by Gasteiger charge is -2.12. The predicted octanol–water partition coefficient (Wildman–Crippen LogP) is 3.87. The third-order valence-electron chi connectivity index (χ3n) is 4.22. The number of tetrazole rings is 1. The molecule has 3 aromatic carbocycles. The third-order valence-corrected chi connectivity index (χ3v) is 4.22. The van der Waals surface area contributed by atoms with Crippen LogP contribution in [-0.4, -0.2) is 26.1 Å². The van der Waals surface area contributed by atoms with E-state index in [1.54, 1.807) is 17.8 Å². The highest BCUT2D eigenvalue weighted by Crippen LogP contribution is 2.23. The number of hydrogen-bond acceptors (Lipinski definition) is 5. The largest absolute Gasteiger partial charge is 0.355 e. The van der Waals surface area contributed by atoms with Crippen molar-refractivity contribution < 1.29 is 4.79 Å². The van der Waals surface area contributed by atoms with Gasteiger partial charge in [0.25, 0.3) is 5.91 Å². The number of aromatic nitrogens is 4. The molecule has 0 radical (unpaired) electrons. The van der Waals surface area contributed by atoms with Gasteiger partial charge in [-0.3, -0.25) is 4.79 Å². The minimum atomic E-state index is -0.202. The maximum atomic E-state index is 12.9. The Morgan fingerprint density at radius 2 is 1.64 bits per heavy atom. The summed E-state index contributed by atoms with van der Waals surface area (Å²) in [6.07, 6.45) is 0. The number of para-hydroxylation sites is 2. The summed E-state index contributed by atoms with van der Waals surface area (Å²) in [4.78, 5) is 12.9. The van der Waals surface area contributed by atoms with Gasteiger partial charge < -0.3 is 10.6 Å². The molecule has 1 aromatic heterocycles. The van der Waals surface area contributed by atoms with Crippen molar-refractivity contribution in [3.8, 4) is 11.4 Å². The Morgan fingerprint density at radius 1 is 0.893 bits per heavy atom. The molecule has 0 aliphatic rings. The van der Waals surface area contributed by atoms with E-state index in [-0.39, 0.29) is 5.91 Å². The van der Waals surface area contributed by atoms with E-state index < -0.39 is 0 Å². The van der Waals surface area contributed by atoms with Crippen molar-refractivity contribution in [3.63, 3.8) is 0 Å². The number of carbonyl (C=O) groups excluding carboxylic acids is 1. The number of nitrogens with zero attached hydrogens (tertiary/aromatic N) is 4. The fourth-order valence-electron chi connectivity index (χ4n) is 2.88. The van der Waals surface area contributed by atoms with Gasteiger partial charge in [0, 0.05) is 24.0 Å². The van der Waals surface area contributed by atoms with Crippen molar-refractivity contribution in [1.82, 2.24) is 20.2 Å². The quantitative estimate of drug-likeness (QED) is 0.557. The average Bonchev–Trinajstić information content (AvgIpc) is 3.15. The summed E-state index contributed by atoms with van der Waals surface area (Å²) in [7, 11) is 1.77. The zero-order valence-corrected chi connectivity index (χ0v) is 15.2. The molecule has 138 valence electrons. The number of hydrogen-bond donors (Lipinski definition) is 2. The zero-order valence-electron chi connectivity index (χ0n) is 15.2. The van der Waals surface area contributed by atoms with Gasteiger partial charge in [0.05, 0.1) is 11.3 Å². The molecular weight excluding hydrogens is 352 g/mol. The number of aryl methyl sites for hydroxylation is 1. The number of carbonyl (C=O) groups is 1. The molecule has 28 heavy (non-hydrogen) atoms. The second kappa shape index (κ2) is 7.71. The van der Waals surface area contributed by atoms with Crippen LogP contribution in [0.15, 0.2) is 78.9 Å². The van der Waals surface area contributed by atoms with E-state index in [0.717, 1.165) is 16.9 Å². The van der Waals surface area contributed by atoms with E-state index in [1.165, 1.54) is 0 Å². The Morgan fingerprint density at radius 3 is 2.43 bits per heavy atom. The summed E-state index contributed by atoms with van der Waals surface area (Å²) in [5.74, 6) is 0.425. The summed E-state index contributed by atoms with van der Waals surface area (Å²) in [5.41, 5.74) is 3.69. The van der Waals surface area contributed by atoms with Gasteiger partial charge in [-0.25, -0.2) is 4.68 Å². The highest BCUT2D eigenvalue weighted by Gasteiger charge is 2.13. The van der Waals surface area contributed by atoms with Crippen molar-refractivity contribution >= 4 is 23.0 Å². The predicted molar refractivity (Wildman–Crippen MR) is 108 cm³/mol. The summed E-state index contributed by atoms with van der Waals surface area (Å²) < 4.78 is 1.58. The molecule has 0 spiro atoms. The zero-order chi connectivity index (χ0) is 19.3. The standard InChI is InChI=1S/C21H18N6O/c1-27-20(24-25-26-27)15-8-7-11-17(14-15)23-21(28)18-12-5-6-13-19(18)22-16-9-3-2-4-10-16/h2-14,22H,1H3,(H,23,28). The highest BCUT2D eigenvalue weighted by atomic mass is 16.1. The number of rotatable bonds is 5. The van der Waals surface area contributed by atoms with Gasteiger partial charge in [0.2, 0.25) is 0 Å². The van der Waals surface area contributed by atoms with Crippen LogP contribution < -0.4 is 10.6 Å². The van der Waals surface area contributed by atoms with Gasteiger partial charge in [0.15, 0.2) is 5.82 Å². The van der Waals surface area contributed by atoms with Crippen molar-refractivity contribution in [2.45, 2.75) is 0 Å². The fraction of sp³-hybridized carbons (Fsp3) is 0.0476. The molecule has 2 N–H and O–H groups in total. The summed E-state index contributed by atoms with van der Waals surface area (Å²) >= 11 is 0. The lowest BCUT2D eigenvalue weighted by molar-refractivity contribution is 0.102. The highest BCUT2D eigenvalue weighted by molar-refractivity contribution is 6.08. The molecule has 7 nitrogen and oxygen atoms in total. The Hall–Kier alpha value is -4.00. The van der Waals surface area contributed by atoms with Crippen LogP contribution in [0, 0.1) is 0 Å². The maximum Gasteiger partial charge on any atom is 0.257 e. The van der Waals surface area contributed by atoms with Crippen LogP contribution in [0.5, 0.6) is 0 Å². The average molecular weight is 370 g/mol. The van der Waals surface area contributed by atoms with Gasteiger partial charge in [-0.1, -0.05) is 42.5 Å². The van der Waals surface area contributed by atoms with Crippen LogP contribution in [0.2, 0.25) is 0 Å². The molecule has 0 aliphatic heterocycles. The Kier molecular flexibility index (Phi) is 4.79. The molecule has 7 heteroatoms. The van der Waals surface area contributed by atoms with E-state index in [4.69, 9.17) is 0 Å². The molecule has 4 rings (SSSR count). The Balaban J connectivity index is 1.57. The van der Waals surface area contributed by atoms with Crippen LogP contribution in [0.4, 0.5) is 17.1 Å². The van der Waals surface area contributed by atoms with Crippen LogP contribution in [0.3, 0.4) is 0 Å². The first-order valence-electron chi connectivity index (χ1n) is 8.76. The molecule has 4 aromatic rings. The number of nitrogens with one attached hydrogen (secondary N) is 2. The molecule has 1 amide bonds. The van der Waals surface area contributed by atoms with Crippen LogP contribution in [-0.2, 0) is 7.05 Å². The second-order valence-corrected chi connectivity index (χ2v) is 6.20. The molecule has 0 unspecified atom stereocenters. The van der Waals surface area contributed by atoms with E-state index in [2.05, 4.69) is 26.2 Å². The van der Waals surface area contributed by atoms with E-state index >= 15 is 0 Å². The number of amides is 1. The minimum absolute atomic E-state index is 0.202. The van der Waals surface area contributed by atoms with E-state index in [9.17, 15) is 4.79 Å². The molecule has 0 saturated heterocycles. The van der Waals surface area contributed by atoms with Gasteiger partial charge in [-0.15, -0.1) is 5.10 Å². The first-order chi connectivity index (χ1) is 13.7. The molecule has 0 aliphatic carbocycles. The monoisotopic (exact) mass is 370 g/mol. The van der Waals surface area contributed by atoms with Crippen molar-refractivity contribution in [3.05, 3.63) is 84.4 Å². The van der Waals surface area contributed by atoms with Crippen LogP contribution >= 0.6 is 0 Å². The van der Waals surface area contributed by atoms with Crippen molar-refractivity contribution in [1.29, 1.82) is 0 Å². The lowest BCUT2D eigenvalue weighted by atomic mass is 10.1. The first-order valence-corrected chi connectivity index (χ1v) is 8.76. The van der Waals surface area contributed by atoms with Crippen LogP contribution in [0.25, 0.3) is 11.4 Å². The van der Waals surface area contributed by atoms with Gasteiger partial charge >= 0.3 is 0 Å². The molecule has 0 saturated carbocycles. The third kappa shape index (κ3) is 3.73. The molecule has 0 fully saturated rings. The van der Waals surface area contributed by atoms with Gasteiger partial charge in [-0.05, 0) is 46.8 Å². The SMILES string of the molecule is Cn1nnnc1-c1cccc(NC(=O)c2ccccc2Nc2ccccc2)c1. The van der Waals surface area contributed by atoms with E-state index in [0.29, 0.717) is 17.1 Å². The molecule has 0 bridgehead atoms. The van der Waals surface area contributed by atoms with Crippen molar-refractivity contribution in [2.24, 2.45) is 7.05 Å². The second-order valence-electron chi connectivity index (χ2n) is 6.20. The smallest absolute Gasteiger partial charge is 0.257 e. The summed E-state index contributed by atoms with van der Waals surface area (Å²) in [6, 6.07) is 24.6. The topological polar surface area (TPSA) is 84.7 Å². The van der Waals surface area contributed by atoms with Gasteiger partial charge in [0.1, 0.15) is 0 Å². The van der Waals surface area contributed by atoms with Crippen molar-refractivity contribution in [2.75, 3.05) is 10.6 Å². The summed E-state index contributed by atoms with van der Waals surface area (Å²) in [5, 5.41) is 17.7.